The van der Waals surface area contributed by atoms with Gasteiger partial charge in [0.2, 0.25) is 0 Å². The van der Waals surface area contributed by atoms with Crippen molar-refractivity contribution >= 4 is 50.3 Å². The Bertz CT molecular complexity index is 1530. The topological polar surface area (TPSA) is 88.8 Å². The highest BCUT2D eigenvalue weighted by molar-refractivity contribution is 9.10. The summed E-state index contributed by atoms with van der Waals surface area (Å²) in [5.41, 5.74) is 2.75. The molecule has 8 nitrogen and oxygen atoms in total. The number of imidazole rings is 1. The lowest BCUT2D eigenvalue weighted by molar-refractivity contribution is 0.0634. The third-order valence-electron chi connectivity index (χ3n) is 6.23. The minimum Gasteiger partial charge on any atom is -0.444 e. The molecule has 4 aromatic rings. The van der Waals surface area contributed by atoms with Gasteiger partial charge in [-0.3, -0.25) is 14.5 Å². The van der Waals surface area contributed by atoms with E-state index in [0.29, 0.717) is 11.0 Å². The van der Waals surface area contributed by atoms with Gasteiger partial charge in [0.05, 0.1) is 35.2 Å². The number of anilines is 1. The SMILES string of the molecule is CN(C(=O)c1cc2c(cc1F)nc(NC(=O)OC(C)(C)C)c1cncn12)[C@@H]1CCc2cc(Br)ccc21. The van der Waals surface area contributed by atoms with E-state index in [1.54, 1.807) is 37.1 Å². The molecule has 0 saturated heterocycles. The lowest BCUT2D eigenvalue weighted by Crippen LogP contribution is -2.31. The highest BCUT2D eigenvalue weighted by atomic mass is 79.9. The number of halogens is 2. The second kappa shape index (κ2) is 8.85. The third kappa shape index (κ3) is 4.41. The molecule has 0 saturated carbocycles. The quantitative estimate of drug-likeness (QED) is 0.341. The minimum atomic E-state index is -0.693. The number of fused-ring (bicyclic) bond motifs is 4. The van der Waals surface area contributed by atoms with Gasteiger partial charge >= 0.3 is 6.09 Å². The Morgan fingerprint density at radius 1 is 1.22 bits per heavy atom. The number of aryl methyl sites for hydroxylation is 1. The van der Waals surface area contributed by atoms with Crippen molar-refractivity contribution in [3.05, 3.63) is 69.8 Å². The van der Waals surface area contributed by atoms with E-state index in [1.165, 1.54) is 30.2 Å². The minimum absolute atomic E-state index is 0.0554. The van der Waals surface area contributed by atoms with E-state index in [1.807, 2.05) is 12.1 Å². The third-order valence-corrected chi connectivity index (χ3v) is 6.72. The molecule has 1 atom stereocenters. The van der Waals surface area contributed by atoms with E-state index in [-0.39, 0.29) is 22.9 Å². The second-order valence-electron chi connectivity index (χ2n) is 9.87. The molecule has 0 unspecified atom stereocenters. The van der Waals surface area contributed by atoms with Gasteiger partial charge in [0.25, 0.3) is 5.91 Å². The average Bonchev–Trinajstić information content (AvgIpc) is 3.44. The molecule has 2 aromatic heterocycles. The van der Waals surface area contributed by atoms with E-state index in [4.69, 9.17) is 4.74 Å². The summed E-state index contributed by atoms with van der Waals surface area (Å²) >= 11 is 3.49. The van der Waals surface area contributed by atoms with Crippen LogP contribution in [0.15, 0.2) is 47.3 Å². The zero-order valence-electron chi connectivity index (χ0n) is 20.3. The summed E-state index contributed by atoms with van der Waals surface area (Å²) in [5, 5.41) is 2.61. The summed E-state index contributed by atoms with van der Waals surface area (Å²) in [4.78, 5) is 35.9. The Balaban J connectivity index is 1.51. The lowest BCUT2D eigenvalue weighted by atomic mass is 10.1. The molecule has 0 radical (unpaired) electrons. The van der Waals surface area contributed by atoms with Gasteiger partial charge in [-0.1, -0.05) is 22.0 Å². The maximum atomic E-state index is 15.3. The summed E-state index contributed by atoms with van der Waals surface area (Å²) in [6, 6.07) is 8.58. The Labute approximate surface area is 215 Å². The summed E-state index contributed by atoms with van der Waals surface area (Å²) in [5.74, 6) is -0.929. The van der Waals surface area contributed by atoms with Crippen LogP contribution >= 0.6 is 15.9 Å². The lowest BCUT2D eigenvalue weighted by Gasteiger charge is -2.26. The first-order chi connectivity index (χ1) is 17.0. The van der Waals surface area contributed by atoms with Crippen LogP contribution in [0.25, 0.3) is 16.6 Å². The van der Waals surface area contributed by atoms with Crippen LogP contribution in [-0.4, -0.2) is 43.9 Å². The van der Waals surface area contributed by atoms with Crippen LogP contribution in [-0.2, 0) is 11.2 Å². The number of hydrogen-bond donors (Lipinski definition) is 1. The van der Waals surface area contributed by atoms with Crippen LogP contribution in [0, 0.1) is 5.82 Å². The van der Waals surface area contributed by atoms with Gasteiger partial charge in [0, 0.05) is 17.6 Å². The van der Waals surface area contributed by atoms with Crippen molar-refractivity contribution in [1.29, 1.82) is 0 Å². The van der Waals surface area contributed by atoms with Crippen LogP contribution < -0.4 is 5.32 Å². The number of carbonyl (C=O) groups is 2. The van der Waals surface area contributed by atoms with E-state index in [2.05, 4.69) is 37.3 Å². The molecule has 1 N–H and O–H groups in total. The molecule has 0 bridgehead atoms. The van der Waals surface area contributed by atoms with Gasteiger partial charge in [-0.2, -0.15) is 0 Å². The predicted octanol–water partition coefficient (Wildman–Crippen LogP) is 5.89. The van der Waals surface area contributed by atoms with Crippen molar-refractivity contribution in [2.45, 2.75) is 45.3 Å². The maximum absolute atomic E-state index is 15.3. The molecule has 2 amide bonds. The van der Waals surface area contributed by atoms with Gasteiger partial charge in [0.1, 0.15) is 16.9 Å². The van der Waals surface area contributed by atoms with Crippen LogP contribution in [0.1, 0.15) is 54.7 Å². The smallest absolute Gasteiger partial charge is 0.413 e. The number of amides is 2. The monoisotopic (exact) mass is 553 g/mol. The standard InChI is InChI=1S/C26H25BrFN5O3/c1-26(2,3)36-25(35)31-23-22-12-29-13-33(22)21-10-17(18(28)11-19(21)30-23)24(34)32(4)20-8-5-14-9-15(27)6-7-16(14)20/h6-7,9-13,20H,5,8H2,1-4H3,(H,30,31,35)/t20-/m1/s1. The number of hydrogen-bond acceptors (Lipinski definition) is 5. The molecule has 1 aliphatic rings. The van der Waals surface area contributed by atoms with Gasteiger partial charge < -0.3 is 9.64 Å². The first-order valence-electron chi connectivity index (χ1n) is 11.5. The molecule has 2 heterocycles. The van der Waals surface area contributed by atoms with E-state index < -0.39 is 23.4 Å². The number of ether oxygens (including phenoxy) is 1. The molecule has 10 heteroatoms. The number of nitrogens with zero attached hydrogens (tertiary/aromatic N) is 4. The van der Waals surface area contributed by atoms with Crippen LogP contribution in [0.2, 0.25) is 0 Å². The molecule has 2 aromatic carbocycles. The molecule has 0 spiro atoms. The molecule has 186 valence electrons. The first-order valence-corrected chi connectivity index (χ1v) is 12.3. The Morgan fingerprint density at radius 3 is 2.75 bits per heavy atom. The van der Waals surface area contributed by atoms with Crippen molar-refractivity contribution in [1.82, 2.24) is 19.3 Å². The van der Waals surface area contributed by atoms with Crippen molar-refractivity contribution in [3.8, 4) is 0 Å². The second-order valence-corrected chi connectivity index (χ2v) is 10.8. The van der Waals surface area contributed by atoms with Crippen molar-refractivity contribution in [3.63, 3.8) is 0 Å². The first kappa shape index (κ1) is 24.2. The van der Waals surface area contributed by atoms with Crippen LogP contribution in [0.3, 0.4) is 0 Å². The van der Waals surface area contributed by atoms with Crippen LogP contribution in [0.4, 0.5) is 15.0 Å². The highest BCUT2D eigenvalue weighted by Crippen LogP contribution is 2.37. The summed E-state index contributed by atoms with van der Waals surface area (Å²) in [7, 11) is 1.70. The number of benzene rings is 2. The Hall–Kier alpha value is -3.53. The highest BCUT2D eigenvalue weighted by Gasteiger charge is 2.31. The van der Waals surface area contributed by atoms with Gasteiger partial charge in [0.15, 0.2) is 5.82 Å². The Morgan fingerprint density at radius 2 is 2.00 bits per heavy atom. The number of carbonyl (C=O) groups excluding carboxylic acids is 2. The van der Waals surface area contributed by atoms with Crippen molar-refractivity contribution in [2.24, 2.45) is 0 Å². The number of nitrogens with one attached hydrogen (secondary N) is 1. The largest absolute Gasteiger partial charge is 0.444 e. The van der Waals surface area contributed by atoms with E-state index in [0.717, 1.165) is 22.9 Å². The normalized spacial score (nSPS) is 15.2. The molecule has 0 fully saturated rings. The maximum Gasteiger partial charge on any atom is 0.413 e. The fourth-order valence-electron chi connectivity index (χ4n) is 4.63. The van der Waals surface area contributed by atoms with Crippen molar-refractivity contribution in [2.75, 3.05) is 12.4 Å². The van der Waals surface area contributed by atoms with Crippen LogP contribution in [0.5, 0.6) is 0 Å². The number of rotatable bonds is 3. The molecule has 36 heavy (non-hydrogen) atoms. The average molecular weight is 554 g/mol. The predicted molar refractivity (Wildman–Crippen MR) is 138 cm³/mol. The zero-order chi connectivity index (χ0) is 25.8. The fraction of sp³-hybridized carbons (Fsp3) is 0.308. The summed E-state index contributed by atoms with van der Waals surface area (Å²) < 4.78 is 23.2. The van der Waals surface area contributed by atoms with Crippen molar-refractivity contribution < 1.29 is 18.7 Å². The van der Waals surface area contributed by atoms with Gasteiger partial charge in [-0.25, -0.2) is 19.2 Å². The molecular weight excluding hydrogens is 529 g/mol. The summed E-state index contributed by atoms with van der Waals surface area (Å²) in [6.07, 6.45) is 4.00. The fourth-order valence-corrected chi connectivity index (χ4v) is 5.04. The molecular formula is C26H25BrFN5O3. The number of aromatic nitrogens is 3. The zero-order valence-corrected chi connectivity index (χ0v) is 21.9. The summed E-state index contributed by atoms with van der Waals surface area (Å²) in [6.45, 7) is 5.26. The van der Waals surface area contributed by atoms with Gasteiger partial charge in [-0.15, -0.1) is 0 Å². The molecule has 0 aliphatic heterocycles. The van der Waals surface area contributed by atoms with E-state index in [9.17, 15) is 9.59 Å². The van der Waals surface area contributed by atoms with E-state index >= 15 is 4.39 Å². The molecule has 5 rings (SSSR count). The van der Waals surface area contributed by atoms with Gasteiger partial charge in [-0.05, 0) is 62.9 Å². The Kier molecular flexibility index (Phi) is 5.94. The molecule has 1 aliphatic carbocycles.